The molecule has 196 valence electrons. The number of likely N-dealkylation sites (tertiary alicyclic amines) is 1. The number of amides is 2. The van der Waals surface area contributed by atoms with E-state index in [1.807, 2.05) is 6.07 Å². The van der Waals surface area contributed by atoms with E-state index in [0.29, 0.717) is 25.0 Å². The number of benzene rings is 1. The number of nitrogens with zero attached hydrogens (tertiary/aromatic N) is 3. The average Bonchev–Trinajstić information content (AvgIpc) is 2.86. The average molecular weight is 516 g/mol. The molecule has 37 heavy (non-hydrogen) atoms. The van der Waals surface area contributed by atoms with E-state index in [9.17, 15) is 27.6 Å². The number of carbonyl (C=O) groups is 2. The highest BCUT2D eigenvalue weighted by atomic mass is 19.4. The minimum Gasteiger partial charge on any atom is -0.349 e. The van der Waals surface area contributed by atoms with E-state index in [1.54, 1.807) is 6.20 Å². The Labute approximate surface area is 212 Å². The second-order valence-electron chi connectivity index (χ2n) is 9.56. The van der Waals surface area contributed by atoms with Crippen molar-refractivity contribution in [3.05, 3.63) is 81.1 Å². The molecule has 2 amide bonds. The van der Waals surface area contributed by atoms with Crippen LogP contribution in [0, 0.1) is 6.57 Å². The van der Waals surface area contributed by atoms with Crippen molar-refractivity contribution in [3.8, 4) is 0 Å². The van der Waals surface area contributed by atoms with Crippen LogP contribution in [0.2, 0.25) is 0 Å². The highest BCUT2D eigenvalue weighted by molar-refractivity contribution is 5.96. The van der Waals surface area contributed by atoms with Gasteiger partial charge in [-0.15, -0.1) is 0 Å². The van der Waals surface area contributed by atoms with Crippen molar-refractivity contribution >= 4 is 11.8 Å². The number of hydrogen-bond acceptors (Lipinski definition) is 4. The van der Waals surface area contributed by atoms with Crippen LogP contribution in [0.1, 0.15) is 53.1 Å². The summed E-state index contributed by atoms with van der Waals surface area (Å²) in [5, 5.41) is 5.23. The maximum Gasteiger partial charge on any atom is 0.416 e. The van der Waals surface area contributed by atoms with E-state index in [4.69, 9.17) is 6.57 Å². The first-order valence-electron chi connectivity index (χ1n) is 12.2. The zero-order valence-corrected chi connectivity index (χ0v) is 20.1. The molecule has 0 bridgehead atoms. The monoisotopic (exact) mass is 515 g/mol. The first-order chi connectivity index (χ1) is 17.6. The summed E-state index contributed by atoms with van der Waals surface area (Å²) in [4.78, 5) is 41.8. The Morgan fingerprint density at radius 1 is 1.08 bits per heavy atom. The van der Waals surface area contributed by atoms with Crippen molar-refractivity contribution in [1.82, 2.24) is 20.1 Å². The number of aromatic nitrogens is 1. The van der Waals surface area contributed by atoms with Gasteiger partial charge in [0, 0.05) is 37.0 Å². The van der Waals surface area contributed by atoms with E-state index in [-0.39, 0.29) is 36.3 Å². The van der Waals surface area contributed by atoms with Gasteiger partial charge in [-0.3, -0.25) is 24.1 Å². The van der Waals surface area contributed by atoms with Crippen LogP contribution in [0.5, 0.6) is 0 Å². The van der Waals surface area contributed by atoms with E-state index < -0.39 is 17.6 Å². The quantitative estimate of drug-likeness (QED) is 0.555. The Hall–Kier alpha value is -3.65. The standard InChI is InChI=1S/C26H28F3N5O3/c1-30-16-34-13-19(7-10-24(34)36)17-5-8-22(9-6-17)33-14-21(15-33)32-23(35)12-31-25(37)18-3-2-4-20(11-18)26(27,28)29/h2-4,7,10-11,13,17,21-22H,5-6,8-9,12,14-16H2,(H,31,37)(H,32,35)/t17-,22+. The SMILES string of the molecule is [C-]#[N+]Cn1cc([C@H]2CC[C@@H](N3CC(NC(=O)CNC(=O)c4cccc(C(F)(F)F)c4)C3)CC2)ccc1=O. The predicted molar refractivity (Wildman–Crippen MR) is 130 cm³/mol. The van der Waals surface area contributed by atoms with E-state index >= 15 is 0 Å². The lowest BCUT2D eigenvalue weighted by Crippen LogP contribution is -2.63. The Balaban J connectivity index is 1.17. The number of pyridine rings is 1. The number of carbonyl (C=O) groups excluding carboxylic acids is 2. The molecule has 1 saturated heterocycles. The lowest BCUT2D eigenvalue weighted by molar-refractivity contribution is -0.137. The third-order valence-electron chi connectivity index (χ3n) is 7.05. The van der Waals surface area contributed by atoms with Crippen LogP contribution < -0.4 is 16.2 Å². The summed E-state index contributed by atoms with van der Waals surface area (Å²) >= 11 is 0. The fourth-order valence-corrected chi connectivity index (χ4v) is 5.03. The summed E-state index contributed by atoms with van der Waals surface area (Å²) in [6.07, 6.45) is 1.22. The Morgan fingerprint density at radius 2 is 1.81 bits per heavy atom. The fourth-order valence-electron chi connectivity index (χ4n) is 5.03. The zero-order valence-electron chi connectivity index (χ0n) is 20.1. The molecule has 0 spiro atoms. The Morgan fingerprint density at radius 3 is 2.49 bits per heavy atom. The first kappa shape index (κ1) is 26.4. The summed E-state index contributed by atoms with van der Waals surface area (Å²) in [6, 6.07) is 7.83. The molecular weight excluding hydrogens is 487 g/mol. The van der Waals surface area contributed by atoms with Crippen molar-refractivity contribution in [2.45, 2.75) is 56.5 Å². The number of alkyl halides is 3. The molecule has 2 heterocycles. The highest BCUT2D eigenvalue weighted by Gasteiger charge is 2.35. The van der Waals surface area contributed by atoms with Gasteiger partial charge in [0.25, 0.3) is 18.1 Å². The molecule has 11 heteroatoms. The number of halogens is 3. The lowest BCUT2D eigenvalue weighted by atomic mass is 9.81. The van der Waals surface area contributed by atoms with Gasteiger partial charge in [-0.1, -0.05) is 12.1 Å². The van der Waals surface area contributed by atoms with Crippen LogP contribution in [-0.4, -0.2) is 53.0 Å². The van der Waals surface area contributed by atoms with Crippen molar-refractivity contribution < 1.29 is 22.8 Å². The van der Waals surface area contributed by atoms with Gasteiger partial charge < -0.3 is 10.6 Å². The highest BCUT2D eigenvalue weighted by Crippen LogP contribution is 2.35. The van der Waals surface area contributed by atoms with Crippen LogP contribution in [0.3, 0.4) is 0 Å². The van der Waals surface area contributed by atoms with Gasteiger partial charge in [0.1, 0.15) is 0 Å². The van der Waals surface area contributed by atoms with Gasteiger partial charge in [0.15, 0.2) is 0 Å². The van der Waals surface area contributed by atoms with Crippen molar-refractivity contribution in [1.29, 1.82) is 0 Å². The van der Waals surface area contributed by atoms with Crippen LogP contribution in [0.25, 0.3) is 4.85 Å². The molecule has 2 aromatic rings. The van der Waals surface area contributed by atoms with Crippen molar-refractivity contribution in [2.24, 2.45) is 0 Å². The van der Waals surface area contributed by atoms with Crippen LogP contribution in [-0.2, 0) is 17.6 Å². The molecule has 2 fully saturated rings. The molecule has 1 saturated carbocycles. The maximum atomic E-state index is 12.8. The minimum atomic E-state index is -4.55. The van der Waals surface area contributed by atoms with E-state index in [2.05, 4.69) is 20.4 Å². The van der Waals surface area contributed by atoms with Gasteiger partial charge in [-0.25, -0.2) is 11.1 Å². The smallest absolute Gasteiger partial charge is 0.349 e. The largest absolute Gasteiger partial charge is 0.416 e. The molecule has 2 aliphatic rings. The molecule has 0 atom stereocenters. The molecular formula is C26H28F3N5O3. The van der Waals surface area contributed by atoms with E-state index in [1.165, 1.54) is 16.7 Å². The third kappa shape index (κ3) is 6.57. The van der Waals surface area contributed by atoms with E-state index in [0.717, 1.165) is 49.4 Å². The van der Waals surface area contributed by atoms with Gasteiger partial charge in [0.2, 0.25) is 5.91 Å². The normalized spacial score (nSPS) is 20.5. The predicted octanol–water partition coefficient (Wildman–Crippen LogP) is 3.00. The molecule has 4 rings (SSSR count). The van der Waals surface area contributed by atoms with Gasteiger partial charge >= 0.3 is 6.18 Å². The molecule has 2 N–H and O–H groups in total. The number of nitrogens with one attached hydrogen (secondary N) is 2. The number of rotatable bonds is 7. The lowest BCUT2D eigenvalue weighted by Gasteiger charge is -2.46. The van der Waals surface area contributed by atoms with Gasteiger partial charge in [0.05, 0.1) is 18.2 Å². The molecule has 1 aromatic carbocycles. The van der Waals surface area contributed by atoms with Crippen molar-refractivity contribution in [2.75, 3.05) is 19.6 Å². The van der Waals surface area contributed by atoms with Crippen molar-refractivity contribution in [3.63, 3.8) is 0 Å². The zero-order chi connectivity index (χ0) is 26.6. The fraction of sp³-hybridized carbons (Fsp3) is 0.462. The van der Waals surface area contributed by atoms with Gasteiger partial charge in [-0.05, 0) is 55.4 Å². The van der Waals surface area contributed by atoms with Crippen LogP contribution in [0.4, 0.5) is 13.2 Å². The second-order valence-corrected chi connectivity index (χ2v) is 9.56. The topological polar surface area (TPSA) is 87.8 Å². The molecule has 1 aromatic heterocycles. The van der Waals surface area contributed by atoms with Crippen LogP contribution >= 0.6 is 0 Å². The molecule has 0 radical (unpaired) electrons. The molecule has 1 aliphatic heterocycles. The molecule has 1 aliphatic carbocycles. The maximum absolute atomic E-state index is 12.8. The number of hydrogen-bond donors (Lipinski definition) is 2. The summed E-state index contributed by atoms with van der Waals surface area (Å²) < 4.78 is 39.9. The summed E-state index contributed by atoms with van der Waals surface area (Å²) in [5.74, 6) is -0.771. The van der Waals surface area contributed by atoms with Crippen LogP contribution in [0.15, 0.2) is 47.4 Å². The molecule has 0 unspecified atom stereocenters. The minimum absolute atomic E-state index is 0.0256. The summed E-state index contributed by atoms with van der Waals surface area (Å²) in [5.41, 5.74) is -0.157. The Bertz CT molecular complexity index is 1240. The van der Waals surface area contributed by atoms with Gasteiger partial charge in [-0.2, -0.15) is 13.2 Å². The summed E-state index contributed by atoms with van der Waals surface area (Å²) in [7, 11) is 0. The molecule has 8 nitrogen and oxygen atoms in total. The third-order valence-corrected chi connectivity index (χ3v) is 7.05. The first-order valence-corrected chi connectivity index (χ1v) is 12.2. The second kappa shape index (κ2) is 11.2. The summed E-state index contributed by atoms with van der Waals surface area (Å²) in [6.45, 7) is 8.12. The Kier molecular flexibility index (Phi) is 7.97.